The summed E-state index contributed by atoms with van der Waals surface area (Å²) in [5.74, 6) is 0. The minimum atomic E-state index is -0.515. The van der Waals surface area contributed by atoms with Crippen molar-refractivity contribution in [2.45, 2.75) is 0 Å². The maximum Gasteiger partial charge on any atom is 0.278 e. The summed E-state index contributed by atoms with van der Waals surface area (Å²) in [7, 11) is 0. The molecule has 0 spiro atoms. The van der Waals surface area contributed by atoms with Crippen molar-refractivity contribution >= 4 is 23.4 Å². The van der Waals surface area contributed by atoms with Crippen molar-refractivity contribution in [3.05, 3.63) is 55.4 Å². The van der Waals surface area contributed by atoms with Crippen LogP contribution in [0.5, 0.6) is 0 Å². The van der Waals surface area contributed by atoms with Crippen molar-refractivity contribution in [3.8, 4) is 0 Å². The minimum Gasteiger partial charge on any atom is -0.258 e. The Bertz CT molecular complexity index is 480. The Morgan fingerprint density at radius 3 is 3.00 bits per heavy atom. The van der Waals surface area contributed by atoms with Gasteiger partial charge in [-0.3, -0.25) is 10.1 Å². The van der Waals surface area contributed by atoms with Gasteiger partial charge in [-0.25, -0.2) is 0 Å². The number of benzene rings is 1. The molecule has 0 bridgehead atoms. The molecule has 1 aromatic rings. The van der Waals surface area contributed by atoms with Crippen LogP contribution in [0.3, 0.4) is 0 Å². The Labute approximate surface area is 95.9 Å². The largest absolute Gasteiger partial charge is 0.278 e. The lowest BCUT2D eigenvalue weighted by Crippen LogP contribution is -1.91. The number of azide groups is 1. The number of hydrogen-bond acceptors (Lipinski definition) is 3. The van der Waals surface area contributed by atoms with Crippen LogP contribution in [0.4, 0.5) is 5.69 Å². The Kier molecular flexibility index (Phi) is 4.32. The lowest BCUT2D eigenvalue weighted by atomic mass is 10.1. The van der Waals surface area contributed by atoms with E-state index in [1.165, 1.54) is 24.3 Å². The van der Waals surface area contributed by atoms with Crippen molar-refractivity contribution in [2.24, 2.45) is 5.11 Å². The van der Waals surface area contributed by atoms with E-state index < -0.39 is 4.92 Å². The predicted molar refractivity (Wildman–Crippen MR) is 61.2 cm³/mol. The van der Waals surface area contributed by atoms with E-state index in [2.05, 4.69) is 10.0 Å². The molecule has 16 heavy (non-hydrogen) atoms. The quantitative estimate of drug-likeness (QED) is 0.264. The lowest BCUT2D eigenvalue weighted by Gasteiger charge is -1.99. The molecule has 82 valence electrons. The van der Waals surface area contributed by atoms with E-state index in [0.717, 1.165) is 0 Å². The van der Waals surface area contributed by atoms with E-state index in [9.17, 15) is 10.1 Å². The van der Waals surface area contributed by atoms with Gasteiger partial charge in [-0.2, -0.15) is 0 Å². The van der Waals surface area contributed by atoms with E-state index in [1.807, 2.05) is 0 Å². The minimum absolute atomic E-state index is 0.0790. The van der Waals surface area contributed by atoms with Gasteiger partial charge in [0.05, 0.1) is 15.5 Å². The van der Waals surface area contributed by atoms with Gasteiger partial charge < -0.3 is 0 Å². The summed E-state index contributed by atoms with van der Waals surface area (Å²) in [5, 5.41) is 14.2. The number of nitro groups is 1. The first kappa shape index (κ1) is 12.0. The Balaban J connectivity index is 3.05. The molecule has 0 atom stereocenters. The second kappa shape index (κ2) is 5.75. The second-order valence-electron chi connectivity index (χ2n) is 2.75. The van der Waals surface area contributed by atoms with Gasteiger partial charge in [0.1, 0.15) is 0 Å². The molecule has 1 rings (SSSR count). The van der Waals surface area contributed by atoms with Gasteiger partial charge in [0.15, 0.2) is 0 Å². The molecule has 0 N–H and O–H groups in total. The first-order valence-corrected chi connectivity index (χ1v) is 4.65. The highest BCUT2D eigenvalue weighted by Gasteiger charge is 2.13. The molecule has 6 nitrogen and oxygen atoms in total. The van der Waals surface area contributed by atoms with Crippen molar-refractivity contribution in [1.82, 2.24) is 0 Å². The molecule has 0 aromatic heterocycles. The van der Waals surface area contributed by atoms with E-state index in [1.54, 1.807) is 6.07 Å². The summed E-state index contributed by atoms with van der Waals surface area (Å²) in [6.07, 6.45) is 2.98. The third-order valence-corrected chi connectivity index (χ3v) is 2.09. The molecular weight excluding hydrogens is 232 g/mol. The first-order valence-electron chi connectivity index (χ1n) is 4.27. The summed E-state index contributed by atoms with van der Waals surface area (Å²) < 4.78 is 0. The number of hydrogen-bond donors (Lipinski definition) is 0. The summed E-state index contributed by atoms with van der Waals surface area (Å²) in [4.78, 5) is 12.7. The zero-order valence-electron chi connectivity index (χ0n) is 8.08. The summed E-state index contributed by atoms with van der Waals surface area (Å²) >= 11 is 5.83. The van der Waals surface area contributed by atoms with E-state index in [0.29, 0.717) is 5.56 Å². The third kappa shape index (κ3) is 2.98. The standard InChI is InChI=1S/C9H7ClN4O2/c10-8-4-1-5-9(14(15)16)7(8)3-2-6-12-13-11/h1-5H,6H2. The fourth-order valence-electron chi connectivity index (χ4n) is 1.10. The molecule has 0 unspecified atom stereocenters. The van der Waals surface area contributed by atoms with Gasteiger partial charge in [-0.05, 0) is 11.6 Å². The van der Waals surface area contributed by atoms with Crippen LogP contribution in [-0.2, 0) is 0 Å². The summed E-state index contributed by atoms with van der Waals surface area (Å²) in [6, 6.07) is 4.42. The fraction of sp³-hybridized carbons (Fsp3) is 0.111. The first-order chi connectivity index (χ1) is 7.66. The van der Waals surface area contributed by atoms with Gasteiger partial charge in [-0.1, -0.05) is 34.9 Å². The van der Waals surface area contributed by atoms with Gasteiger partial charge in [0.25, 0.3) is 5.69 Å². The van der Waals surface area contributed by atoms with Gasteiger partial charge in [0, 0.05) is 17.5 Å². The number of halogens is 1. The molecule has 0 fully saturated rings. The van der Waals surface area contributed by atoms with E-state index in [-0.39, 0.29) is 17.3 Å². The average molecular weight is 239 g/mol. The molecule has 0 radical (unpaired) electrons. The molecule has 0 saturated carbocycles. The Hall–Kier alpha value is -2.04. The van der Waals surface area contributed by atoms with Gasteiger partial charge >= 0.3 is 0 Å². The van der Waals surface area contributed by atoms with Crippen LogP contribution in [0.1, 0.15) is 5.56 Å². The maximum atomic E-state index is 10.7. The molecule has 0 aliphatic heterocycles. The topological polar surface area (TPSA) is 91.9 Å². The van der Waals surface area contributed by atoms with Crippen LogP contribution in [-0.4, -0.2) is 11.5 Å². The van der Waals surface area contributed by atoms with Crippen LogP contribution in [0, 0.1) is 10.1 Å². The normalized spacial score (nSPS) is 10.1. The summed E-state index contributed by atoms with van der Waals surface area (Å²) in [6.45, 7) is 0.124. The number of rotatable bonds is 4. The van der Waals surface area contributed by atoms with Gasteiger partial charge in [0.2, 0.25) is 0 Å². The molecule has 1 aromatic carbocycles. The highest BCUT2D eigenvalue weighted by molar-refractivity contribution is 6.32. The highest BCUT2D eigenvalue weighted by Crippen LogP contribution is 2.27. The molecule has 7 heteroatoms. The van der Waals surface area contributed by atoms with E-state index >= 15 is 0 Å². The van der Waals surface area contributed by atoms with Crippen LogP contribution in [0.15, 0.2) is 29.4 Å². The van der Waals surface area contributed by atoms with Crippen molar-refractivity contribution in [3.63, 3.8) is 0 Å². The molecule has 0 saturated heterocycles. The molecule has 0 amide bonds. The number of nitrogens with zero attached hydrogens (tertiary/aromatic N) is 4. The molecule has 0 heterocycles. The maximum absolute atomic E-state index is 10.7. The smallest absolute Gasteiger partial charge is 0.258 e. The highest BCUT2D eigenvalue weighted by atomic mass is 35.5. The lowest BCUT2D eigenvalue weighted by molar-refractivity contribution is -0.385. The second-order valence-corrected chi connectivity index (χ2v) is 3.15. The van der Waals surface area contributed by atoms with Crippen LogP contribution in [0.25, 0.3) is 16.5 Å². The molecular formula is C9H7ClN4O2. The van der Waals surface area contributed by atoms with Gasteiger partial charge in [-0.15, -0.1) is 0 Å². The van der Waals surface area contributed by atoms with Crippen LogP contribution < -0.4 is 0 Å². The molecule has 0 aliphatic rings. The Morgan fingerprint density at radius 1 is 1.62 bits per heavy atom. The zero-order valence-corrected chi connectivity index (χ0v) is 8.83. The fourth-order valence-corrected chi connectivity index (χ4v) is 1.34. The van der Waals surface area contributed by atoms with Crippen LogP contribution in [0.2, 0.25) is 5.02 Å². The van der Waals surface area contributed by atoms with Crippen molar-refractivity contribution in [1.29, 1.82) is 0 Å². The molecule has 0 aliphatic carbocycles. The average Bonchev–Trinajstić information content (AvgIpc) is 2.25. The van der Waals surface area contributed by atoms with Crippen molar-refractivity contribution < 1.29 is 4.92 Å². The summed E-state index contributed by atoms with van der Waals surface area (Å²) in [5.41, 5.74) is 8.28. The van der Waals surface area contributed by atoms with Crippen LogP contribution >= 0.6 is 11.6 Å². The van der Waals surface area contributed by atoms with Crippen molar-refractivity contribution in [2.75, 3.05) is 6.54 Å². The predicted octanol–water partition coefficient (Wildman–Crippen LogP) is 3.57. The van der Waals surface area contributed by atoms with E-state index in [4.69, 9.17) is 17.1 Å². The Morgan fingerprint density at radius 2 is 2.38 bits per heavy atom. The monoisotopic (exact) mass is 238 g/mol. The third-order valence-electron chi connectivity index (χ3n) is 1.76. The zero-order chi connectivity index (χ0) is 12.0. The number of nitro benzene ring substituents is 1. The SMILES string of the molecule is [N-]=[N+]=NCC=Cc1c(Cl)cccc1[N+](=O)[O-].